The summed E-state index contributed by atoms with van der Waals surface area (Å²) in [5, 5.41) is 0. The molecule has 0 unspecified atom stereocenters. The van der Waals surface area contributed by atoms with Gasteiger partial charge in [0.05, 0.1) is 0 Å². The van der Waals surface area contributed by atoms with Gasteiger partial charge in [-0.15, -0.1) is 0 Å². The van der Waals surface area contributed by atoms with Crippen LogP contribution in [0.2, 0.25) is 0 Å². The maximum absolute atomic E-state index is 4.79. The summed E-state index contributed by atoms with van der Waals surface area (Å²) in [7, 11) is 0. The highest BCUT2D eigenvalue weighted by Crippen LogP contribution is 2.22. The van der Waals surface area contributed by atoms with E-state index in [1.165, 1.54) is 38.5 Å². The zero-order chi connectivity index (χ0) is 15.5. The first kappa shape index (κ1) is 14.4. The lowest BCUT2D eigenvalue weighted by Crippen LogP contribution is -2.34. The Morgan fingerprint density at radius 3 is 1.65 bits per heavy atom. The predicted octanol–water partition coefficient (Wildman–Crippen LogP) is 2.04. The number of imidazole rings is 1. The van der Waals surface area contributed by atoms with Crippen LogP contribution in [0.5, 0.6) is 0 Å². The van der Waals surface area contributed by atoms with E-state index in [9.17, 15) is 0 Å². The van der Waals surface area contributed by atoms with Crippen LogP contribution in [0.25, 0.3) is 5.95 Å². The molecule has 0 aromatic carbocycles. The summed E-state index contributed by atoms with van der Waals surface area (Å²) >= 11 is 0. The third-order valence-electron chi connectivity index (χ3n) is 4.61. The van der Waals surface area contributed by atoms with E-state index in [-0.39, 0.29) is 0 Å². The van der Waals surface area contributed by atoms with Crippen molar-refractivity contribution in [3.8, 4) is 5.95 Å². The number of hydrogen-bond donors (Lipinski definition) is 0. The first-order valence-corrected chi connectivity index (χ1v) is 8.64. The predicted molar refractivity (Wildman–Crippen MR) is 89.1 cm³/mol. The minimum Gasteiger partial charge on any atom is -0.341 e. The second-order valence-electron chi connectivity index (χ2n) is 6.30. The van der Waals surface area contributed by atoms with Gasteiger partial charge in [-0.3, -0.25) is 4.57 Å². The Kier molecular flexibility index (Phi) is 4.08. The van der Waals surface area contributed by atoms with E-state index >= 15 is 0 Å². The lowest BCUT2D eigenvalue weighted by molar-refractivity contribution is 0.555. The third kappa shape index (κ3) is 3.13. The molecule has 7 nitrogen and oxygen atoms in total. The Hall–Kier alpha value is -2.18. The Morgan fingerprint density at radius 1 is 0.652 bits per heavy atom. The Morgan fingerprint density at radius 2 is 1.17 bits per heavy atom. The summed E-state index contributed by atoms with van der Waals surface area (Å²) in [6.45, 7) is 4.14. The molecule has 2 aromatic rings. The Balaban J connectivity index is 1.70. The van der Waals surface area contributed by atoms with Crippen molar-refractivity contribution in [1.29, 1.82) is 0 Å². The van der Waals surface area contributed by atoms with E-state index in [2.05, 4.69) is 14.8 Å². The van der Waals surface area contributed by atoms with Gasteiger partial charge in [-0.05, 0) is 38.5 Å². The molecule has 23 heavy (non-hydrogen) atoms. The molecule has 7 heteroatoms. The molecular weight excluding hydrogens is 290 g/mol. The van der Waals surface area contributed by atoms with Crippen molar-refractivity contribution in [1.82, 2.24) is 24.5 Å². The van der Waals surface area contributed by atoms with Crippen molar-refractivity contribution < 1.29 is 0 Å². The highest BCUT2D eigenvalue weighted by molar-refractivity contribution is 5.42. The highest BCUT2D eigenvalue weighted by atomic mass is 15.4. The van der Waals surface area contributed by atoms with E-state index in [1.54, 1.807) is 12.5 Å². The van der Waals surface area contributed by atoms with Crippen molar-refractivity contribution in [2.45, 2.75) is 38.5 Å². The SMILES string of the molecule is c1cn(-c2nc(N3CCCCC3)nc(N3CCCCC3)n2)cn1. The molecule has 0 amide bonds. The molecule has 0 saturated carbocycles. The smallest absolute Gasteiger partial charge is 0.241 e. The fourth-order valence-corrected chi connectivity index (χ4v) is 3.31. The Labute approximate surface area is 136 Å². The maximum Gasteiger partial charge on any atom is 0.241 e. The lowest BCUT2D eigenvalue weighted by atomic mass is 10.1. The fourth-order valence-electron chi connectivity index (χ4n) is 3.31. The minimum atomic E-state index is 0.665. The molecule has 4 heterocycles. The molecule has 2 aliphatic rings. The maximum atomic E-state index is 4.79. The molecular formula is C16H23N7. The van der Waals surface area contributed by atoms with Crippen molar-refractivity contribution >= 4 is 11.9 Å². The zero-order valence-corrected chi connectivity index (χ0v) is 13.4. The van der Waals surface area contributed by atoms with Crippen LogP contribution >= 0.6 is 0 Å². The molecule has 0 bridgehead atoms. The molecule has 122 valence electrons. The fraction of sp³-hybridized carbons (Fsp3) is 0.625. The molecule has 0 atom stereocenters. The topological polar surface area (TPSA) is 63.0 Å². The number of piperidine rings is 2. The van der Waals surface area contributed by atoms with Crippen LogP contribution < -0.4 is 9.80 Å². The average molecular weight is 313 g/mol. The first-order chi connectivity index (χ1) is 11.4. The van der Waals surface area contributed by atoms with Gasteiger partial charge in [-0.1, -0.05) is 0 Å². The van der Waals surface area contributed by atoms with Gasteiger partial charge >= 0.3 is 0 Å². The molecule has 0 N–H and O–H groups in total. The largest absolute Gasteiger partial charge is 0.341 e. The molecule has 0 spiro atoms. The zero-order valence-electron chi connectivity index (χ0n) is 13.4. The van der Waals surface area contributed by atoms with E-state index in [4.69, 9.17) is 15.0 Å². The average Bonchev–Trinajstić information content (AvgIpc) is 3.18. The summed E-state index contributed by atoms with van der Waals surface area (Å²) < 4.78 is 1.86. The molecule has 2 saturated heterocycles. The van der Waals surface area contributed by atoms with Gasteiger partial charge in [0.15, 0.2) is 0 Å². The third-order valence-corrected chi connectivity index (χ3v) is 4.61. The summed E-state index contributed by atoms with van der Waals surface area (Å²) in [6, 6.07) is 0. The summed E-state index contributed by atoms with van der Waals surface area (Å²) in [4.78, 5) is 22.9. The van der Waals surface area contributed by atoms with Gasteiger partial charge in [-0.2, -0.15) is 15.0 Å². The molecule has 0 radical (unpaired) electrons. The van der Waals surface area contributed by atoms with Gasteiger partial charge in [0.1, 0.15) is 6.33 Å². The Bertz CT molecular complexity index is 592. The summed E-state index contributed by atoms with van der Waals surface area (Å²) in [5.41, 5.74) is 0. The van der Waals surface area contributed by atoms with Crippen molar-refractivity contribution in [2.24, 2.45) is 0 Å². The van der Waals surface area contributed by atoms with Crippen LogP contribution in [0.15, 0.2) is 18.7 Å². The van der Waals surface area contributed by atoms with Crippen LogP contribution in [-0.2, 0) is 0 Å². The minimum absolute atomic E-state index is 0.665. The number of anilines is 2. The van der Waals surface area contributed by atoms with Crippen molar-refractivity contribution in [2.75, 3.05) is 36.0 Å². The van der Waals surface area contributed by atoms with Crippen LogP contribution in [0, 0.1) is 0 Å². The molecule has 4 rings (SSSR count). The quantitative estimate of drug-likeness (QED) is 0.864. The number of nitrogens with zero attached hydrogens (tertiary/aromatic N) is 7. The highest BCUT2D eigenvalue weighted by Gasteiger charge is 2.20. The number of aromatic nitrogens is 5. The van der Waals surface area contributed by atoms with Crippen molar-refractivity contribution in [3.63, 3.8) is 0 Å². The van der Waals surface area contributed by atoms with E-state index in [0.29, 0.717) is 5.95 Å². The molecule has 2 aromatic heterocycles. The van der Waals surface area contributed by atoms with E-state index in [0.717, 1.165) is 38.1 Å². The summed E-state index contributed by atoms with van der Waals surface area (Å²) in [5.74, 6) is 2.28. The monoisotopic (exact) mass is 313 g/mol. The normalized spacial score (nSPS) is 19.1. The van der Waals surface area contributed by atoms with Gasteiger partial charge in [0, 0.05) is 38.6 Å². The lowest BCUT2D eigenvalue weighted by Gasteiger charge is -2.30. The van der Waals surface area contributed by atoms with Gasteiger partial charge in [-0.25, -0.2) is 4.98 Å². The molecule has 2 aliphatic heterocycles. The molecule has 2 fully saturated rings. The molecule has 0 aliphatic carbocycles. The van der Waals surface area contributed by atoms with Gasteiger partial charge in [0.25, 0.3) is 0 Å². The van der Waals surface area contributed by atoms with E-state index < -0.39 is 0 Å². The summed E-state index contributed by atoms with van der Waals surface area (Å²) in [6.07, 6.45) is 12.8. The van der Waals surface area contributed by atoms with Crippen LogP contribution in [0.1, 0.15) is 38.5 Å². The van der Waals surface area contributed by atoms with Crippen LogP contribution in [-0.4, -0.2) is 50.7 Å². The van der Waals surface area contributed by atoms with Gasteiger partial charge in [0.2, 0.25) is 17.8 Å². The van der Waals surface area contributed by atoms with Crippen LogP contribution in [0.3, 0.4) is 0 Å². The number of hydrogen-bond acceptors (Lipinski definition) is 6. The first-order valence-electron chi connectivity index (χ1n) is 8.64. The second kappa shape index (κ2) is 6.52. The van der Waals surface area contributed by atoms with Crippen molar-refractivity contribution in [3.05, 3.63) is 18.7 Å². The standard InChI is InChI=1S/C16H23N7/c1-3-8-21(9-4-1)14-18-15(22-10-5-2-6-11-22)20-16(19-14)23-12-7-17-13-23/h7,12-13H,1-6,8-11H2. The number of rotatable bonds is 3. The van der Waals surface area contributed by atoms with Crippen LogP contribution in [0.4, 0.5) is 11.9 Å². The van der Waals surface area contributed by atoms with Gasteiger partial charge < -0.3 is 9.80 Å². The second-order valence-corrected chi connectivity index (χ2v) is 6.30. The van der Waals surface area contributed by atoms with E-state index in [1.807, 2.05) is 10.8 Å².